The van der Waals surface area contributed by atoms with E-state index >= 15 is 0 Å². The Morgan fingerprint density at radius 3 is 2.65 bits per heavy atom. The molecule has 0 saturated heterocycles. The van der Waals surface area contributed by atoms with Gasteiger partial charge in [-0.3, -0.25) is 4.98 Å². The average molecular weight is 308 g/mol. The minimum Gasteiger partial charge on any atom is -0.309 e. The van der Waals surface area contributed by atoms with Crippen LogP contribution in [0.1, 0.15) is 12.0 Å². The molecule has 0 amide bonds. The van der Waals surface area contributed by atoms with Crippen molar-refractivity contribution in [3.63, 3.8) is 0 Å². The van der Waals surface area contributed by atoms with E-state index in [1.807, 2.05) is 12.3 Å². The fourth-order valence-electron chi connectivity index (χ4n) is 2.75. The van der Waals surface area contributed by atoms with Crippen molar-refractivity contribution in [2.45, 2.75) is 12.8 Å². The molecule has 1 heterocycles. The van der Waals surface area contributed by atoms with E-state index in [-0.39, 0.29) is 5.82 Å². The predicted molar refractivity (Wildman–Crippen MR) is 94.0 cm³/mol. The normalized spacial score (nSPS) is 11.3. The largest absolute Gasteiger partial charge is 0.309 e. The molecule has 0 bridgehead atoms. The fraction of sp³-hybridized carbons (Fsp3) is 0.250. The van der Waals surface area contributed by atoms with E-state index in [4.69, 9.17) is 0 Å². The molecule has 2 aromatic carbocycles. The van der Waals surface area contributed by atoms with Crippen molar-refractivity contribution in [2.75, 3.05) is 20.6 Å². The first-order chi connectivity index (χ1) is 11.1. The van der Waals surface area contributed by atoms with Gasteiger partial charge in [0.25, 0.3) is 0 Å². The van der Waals surface area contributed by atoms with Crippen LogP contribution in [0, 0.1) is 5.82 Å². The first-order valence-corrected chi connectivity index (χ1v) is 7.91. The topological polar surface area (TPSA) is 16.1 Å². The summed E-state index contributed by atoms with van der Waals surface area (Å²) in [5.41, 5.74) is 4.10. The van der Waals surface area contributed by atoms with Crippen molar-refractivity contribution in [1.29, 1.82) is 0 Å². The van der Waals surface area contributed by atoms with Crippen molar-refractivity contribution in [3.05, 3.63) is 66.1 Å². The maximum atomic E-state index is 13.4. The first kappa shape index (κ1) is 15.6. The lowest BCUT2D eigenvalue weighted by molar-refractivity contribution is 0.400. The Morgan fingerprint density at radius 1 is 1.00 bits per heavy atom. The third-order valence-corrected chi connectivity index (χ3v) is 3.98. The van der Waals surface area contributed by atoms with Crippen LogP contribution in [0.15, 0.2) is 54.7 Å². The highest BCUT2D eigenvalue weighted by Gasteiger charge is 2.04. The summed E-state index contributed by atoms with van der Waals surface area (Å²) >= 11 is 0. The zero-order chi connectivity index (χ0) is 16.2. The molecule has 3 rings (SSSR count). The average Bonchev–Trinajstić information content (AvgIpc) is 2.54. The molecule has 0 N–H and O–H groups in total. The third kappa shape index (κ3) is 3.93. The van der Waals surface area contributed by atoms with Crippen molar-refractivity contribution < 1.29 is 4.39 Å². The van der Waals surface area contributed by atoms with Gasteiger partial charge in [-0.15, -0.1) is 0 Å². The van der Waals surface area contributed by atoms with Gasteiger partial charge in [-0.25, -0.2) is 4.39 Å². The van der Waals surface area contributed by atoms with Crippen LogP contribution in [0.2, 0.25) is 0 Å². The summed E-state index contributed by atoms with van der Waals surface area (Å²) in [7, 11) is 4.19. The number of hydrogen-bond acceptors (Lipinski definition) is 2. The number of halogens is 1. The summed E-state index contributed by atoms with van der Waals surface area (Å²) < 4.78 is 13.4. The molecule has 0 atom stereocenters. The van der Waals surface area contributed by atoms with Gasteiger partial charge >= 0.3 is 0 Å². The molecule has 2 nitrogen and oxygen atoms in total. The quantitative estimate of drug-likeness (QED) is 0.688. The van der Waals surface area contributed by atoms with E-state index in [0.29, 0.717) is 0 Å². The van der Waals surface area contributed by atoms with E-state index in [0.717, 1.165) is 41.4 Å². The number of nitrogens with zero attached hydrogens (tertiary/aromatic N) is 2. The fourth-order valence-corrected chi connectivity index (χ4v) is 2.75. The predicted octanol–water partition coefficient (Wildman–Crippen LogP) is 4.54. The Kier molecular flexibility index (Phi) is 4.68. The van der Waals surface area contributed by atoms with Crippen LogP contribution in [-0.2, 0) is 6.42 Å². The number of aromatic nitrogens is 1. The van der Waals surface area contributed by atoms with Gasteiger partial charge in [0, 0.05) is 17.1 Å². The molecule has 3 heteroatoms. The lowest BCUT2D eigenvalue weighted by atomic mass is 10.0. The minimum absolute atomic E-state index is 0.223. The summed E-state index contributed by atoms with van der Waals surface area (Å²) in [5, 5.41) is 1.09. The van der Waals surface area contributed by atoms with Gasteiger partial charge in [0.2, 0.25) is 0 Å². The second-order valence-electron chi connectivity index (χ2n) is 6.17. The second kappa shape index (κ2) is 6.88. The van der Waals surface area contributed by atoms with Crippen LogP contribution in [0.4, 0.5) is 4.39 Å². The number of rotatable bonds is 5. The highest BCUT2D eigenvalue weighted by molar-refractivity contribution is 5.84. The van der Waals surface area contributed by atoms with Crippen LogP contribution in [0.5, 0.6) is 0 Å². The molecule has 0 unspecified atom stereocenters. The zero-order valence-corrected chi connectivity index (χ0v) is 13.6. The molecule has 0 aliphatic heterocycles. The molecule has 3 aromatic rings. The third-order valence-electron chi connectivity index (χ3n) is 3.98. The Balaban J connectivity index is 1.84. The van der Waals surface area contributed by atoms with Crippen molar-refractivity contribution in [3.8, 4) is 11.1 Å². The van der Waals surface area contributed by atoms with Crippen molar-refractivity contribution in [1.82, 2.24) is 9.88 Å². The summed E-state index contributed by atoms with van der Waals surface area (Å²) in [6.07, 6.45) is 4.02. The van der Waals surface area contributed by atoms with Crippen LogP contribution in [0.3, 0.4) is 0 Å². The number of fused-ring (bicyclic) bond motifs is 1. The van der Waals surface area contributed by atoms with Crippen molar-refractivity contribution in [2.24, 2.45) is 0 Å². The van der Waals surface area contributed by atoms with E-state index in [9.17, 15) is 4.39 Å². The number of aryl methyl sites for hydroxylation is 1. The summed E-state index contributed by atoms with van der Waals surface area (Å²) in [4.78, 5) is 6.76. The highest BCUT2D eigenvalue weighted by atomic mass is 19.1. The second-order valence-corrected chi connectivity index (χ2v) is 6.17. The summed E-state index contributed by atoms with van der Waals surface area (Å²) in [6, 6.07) is 15.1. The molecule has 0 spiro atoms. The van der Waals surface area contributed by atoms with Crippen LogP contribution >= 0.6 is 0 Å². The molecular weight excluding hydrogens is 287 g/mol. The van der Waals surface area contributed by atoms with Gasteiger partial charge in [0.1, 0.15) is 5.82 Å². The van der Waals surface area contributed by atoms with E-state index in [2.05, 4.69) is 48.2 Å². The van der Waals surface area contributed by atoms with E-state index in [1.165, 1.54) is 11.6 Å². The highest BCUT2D eigenvalue weighted by Crippen LogP contribution is 2.24. The lowest BCUT2D eigenvalue weighted by Gasteiger charge is -2.09. The van der Waals surface area contributed by atoms with E-state index < -0.39 is 0 Å². The maximum absolute atomic E-state index is 13.4. The molecule has 0 radical (unpaired) electrons. The molecule has 23 heavy (non-hydrogen) atoms. The minimum atomic E-state index is -0.223. The number of benzene rings is 2. The molecule has 0 aliphatic rings. The first-order valence-electron chi connectivity index (χ1n) is 7.91. The van der Waals surface area contributed by atoms with Gasteiger partial charge in [-0.05, 0) is 68.9 Å². The standard InChI is InChI=1S/C20H21FN2/c1-23(2)10-4-5-15-8-9-17-12-18(14-22-20(17)11-15)16-6-3-7-19(21)13-16/h3,6-9,11-14H,4-5,10H2,1-2H3. The number of hydrogen-bond donors (Lipinski definition) is 0. The van der Waals surface area contributed by atoms with Crippen LogP contribution in [-0.4, -0.2) is 30.5 Å². The summed E-state index contributed by atoms with van der Waals surface area (Å²) in [5.74, 6) is -0.223. The van der Waals surface area contributed by atoms with Crippen LogP contribution in [0.25, 0.3) is 22.0 Å². The molecule has 1 aromatic heterocycles. The molecule has 0 aliphatic carbocycles. The van der Waals surface area contributed by atoms with E-state index in [1.54, 1.807) is 12.1 Å². The monoisotopic (exact) mass is 308 g/mol. The van der Waals surface area contributed by atoms with Gasteiger partial charge in [-0.2, -0.15) is 0 Å². The van der Waals surface area contributed by atoms with Gasteiger partial charge < -0.3 is 4.90 Å². The van der Waals surface area contributed by atoms with Gasteiger partial charge in [0.15, 0.2) is 0 Å². The maximum Gasteiger partial charge on any atom is 0.123 e. The Morgan fingerprint density at radius 2 is 1.87 bits per heavy atom. The molecular formula is C20H21FN2. The Bertz CT molecular complexity index is 812. The molecule has 0 fully saturated rings. The molecule has 118 valence electrons. The molecule has 0 saturated carbocycles. The smallest absolute Gasteiger partial charge is 0.123 e. The van der Waals surface area contributed by atoms with Crippen LogP contribution < -0.4 is 0 Å². The summed E-state index contributed by atoms with van der Waals surface area (Å²) in [6.45, 7) is 1.09. The van der Waals surface area contributed by atoms with Gasteiger partial charge in [-0.1, -0.05) is 24.3 Å². The van der Waals surface area contributed by atoms with Gasteiger partial charge in [0.05, 0.1) is 5.52 Å². The Labute approximate surface area is 136 Å². The number of pyridine rings is 1. The lowest BCUT2D eigenvalue weighted by Crippen LogP contribution is -2.13. The SMILES string of the molecule is CN(C)CCCc1ccc2cc(-c3cccc(F)c3)cnc2c1. The Hall–Kier alpha value is -2.26. The van der Waals surface area contributed by atoms with Crippen molar-refractivity contribution >= 4 is 10.9 Å². The zero-order valence-electron chi connectivity index (χ0n) is 13.6.